The minimum atomic E-state index is -0.113. The molecule has 4 rings (SSSR count). The molecule has 1 saturated heterocycles. The molecule has 0 saturated carbocycles. The fourth-order valence-corrected chi connectivity index (χ4v) is 3.64. The molecule has 9 heteroatoms. The van der Waals surface area contributed by atoms with Crippen LogP contribution in [0, 0.1) is 6.92 Å². The number of anilines is 3. The van der Waals surface area contributed by atoms with Crippen molar-refractivity contribution in [3.63, 3.8) is 0 Å². The number of nitrogens with one attached hydrogen (secondary N) is 1. The van der Waals surface area contributed by atoms with E-state index < -0.39 is 0 Å². The van der Waals surface area contributed by atoms with Gasteiger partial charge in [0, 0.05) is 37.4 Å². The highest BCUT2D eigenvalue weighted by Gasteiger charge is 2.24. The average molecular weight is 443 g/mol. The first-order valence-corrected chi connectivity index (χ1v) is 10.3. The fourth-order valence-electron chi connectivity index (χ4n) is 3.27. The van der Waals surface area contributed by atoms with E-state index in [0.29, 0.717) is 47.6 Å². The zero-order chi connectivity index (χ0) is 21.1. The molecule has 1 N–H and O–H groups in total. The number of aromatic nitrogens is 3. The van der Waals surface area contributed by atoms with Crippen molar-refractivity contribution < 1.29 is 4.79 Å². The van der Waals surface area contributed by atoms with Gasteiger partial charge in [0.25, 0.3) is 5.91 Å². The summed E-state index contributed by atoms with van der Waals surface area (Å²) in [6.45, 7) is 4.45. The molecule has 0 spiro atoms. The molecule has 0 bridgehead atoms. The number of benzene rings is 1. The highest BCUT2D eigenvalue weighted by Crippen LogP contribution is 2.23. The van der Waals surface area contributed by atoms with E-state index in [1.165, 1.54) is 0 Å². The maximum absolute atomic E-state index is 12.8. The van der Waals surface area contributed by atoms with Crippen molar-refractivity contribution in [2.45, 2.75) is 6.92 Å². The van der Waals surface area contributed by atoms with Crippen LogP contribution in [-0.4, -0.2) is 52.2 Å². The molecular weight excluding hydrogens is 423 g/mol. The second-order valence-electron chi connectivity index (χ2n) is 7.02. The van der Waals surface area contributed by atoms with Crippen LogP contribution in [0.1, 0.15) is 15.9 Å². The van der Waals surface area contributed by atoms with E-state index in [2.05, 4.69) is 25.4 Å². The van der Waals surface area contributed by atoms with Crippen molar-refractivity contribution in [3.8, 4) is 0 Å². The van der Waals surface area contributed by atoms with Gasteiger partial charge in [-0.05, 0) is 55.0 Å². The molecule has 0 atom stereocenters. The summed E-state index contributed by atoms with van der Waals surface area (Å²) in [5.41, 5.74) is 1.54. The Hall–Kier alpha value is -2.90. The Morgan fingerprint density at radius 3 is 2.47 bits per heavy atom. The van der Waals surface area contributed by atoms with E-state index in [1.807, 2.05) is 31.2 Å². The first-order chi connectivity index (χ1) is 14.5. The van der Waals surface area contributed by atoms with Crippen LogP contribution in [-0.2, 0) is 0 Å². The summed E-state index contributed by atoms with van der Waals surface area (Å²) in [5, 5.41) is 12.6. The van der Waals surface area contributed by atoms with E-state index in [-0.39, 0.29) is 5.91 Å². The van der Waals surface area contributed by atoms with Gasteiger partial charge in [-0.2, -0.15) is 0 Å². The third kappa shape index (κ3) is 4.63. The summed E-state index contributed by atoms with van der Waals surface area (Å²) >= 11 is 12.2. The topological polar surface area (TPSA) is 74.2 Å². The Balaban J connectivity index is 1.37. The van der Waals surface area contributed by atoms with Gasteiger partial charge in [-0.1, -0.05) is 23.2 Å². The lowest BCUT2D eigenvalue weighted by molar-refractivity contribution is 0.0746. The molecule has 0 radical (unpaired) electrons. The number of nitrogens with zero attached hydrogens (tertiary/aromatic N) is 5. The van der Waals surface area contributed by atoms with Crippen LogP contribution in [0.2, 0.25) is 10.0 Å². The fraction of sp³-hybridized carbons (Fsp3) is 0.238. The largest absolute Gasteiger partial charge is 0.352 e. The van der Waals surface area contributed by atoms with Crippen molar-refractivity contribution in [1.29, 1.82) is 0 Å². The summed E-state index contributed by atoms with van der Waals surface area (Å²) in [7, 11) is 0. The van der Waals surface area contributed by atoms with Crippen LogP contribution in [0.3, 0.4) is 0 Å². The summed E-state index contributed by atoms with van der Waals surface area (Å²) in [6, 6.07) is 12.6. The van der Waals surface area contributed by atoms with Crippen molar-refractivity contribution >= 4 is 46.6 Å². The van der Waals surface area contributed by atoms with Crippen molar-refractivity contribution in [2.24, 2.45) is 0 Å². The summed E-state index contributed by atoms with van der Waals surface area (Å²) < 4.78 is 0. The predicted octanol–water partition coefficient (Wildman–Crippen LogP) is 4.19. The zero-order valence-corrected chi connectivity index (χ0v) is 17.9. The average Bonchev–Trinajstić information content (AvgIpc) is 2.76. The number of pyridine rings is 1. The third-order valence-electron chi connectivity index (χ3n) is 4.87. The number of hydrogen-bond donors (Lipinski definition) is 1. The standard InChI is InChI=1S/C21H20Cl2N6O/c1-14-6-7-24-19(12-14)25-18-4-5-20(27-26-18)28-8-10-29(11-9-28)21(30)16-13-15(22)2-3-17(16)23/h2-7,12-13H,8-11H2,1H3,(H,24,25,26). The van der Waals surface area contributed by atoms with Crippen LogP contribution in [0.15, 0.2) is 48.7 Å². The summed E-state index contributed by atoms with van der Waals surface area (Å²) in [6.07, 6.45) is 1.75. The normalized spacial score (nSPS) is 14.0. The Bertz CT molecular complexity index is 1050. The van der Waals surface area contributed by atoms with E-state index in [9.17, 15) is 4.79 Å². The minimum absolute atomic E-state index is 0.113. The Morgan fingerprint density at radius 1 is 0.967 bits per heavy atom. The second kappa shape index (κ2) is 8.85. The molecule has 3 heterocycles. The zero-order valence-electron chi connectivity index (χ0n) is 16.3. The van der Waals surface area contributed by atoms with E-state index >= 15 is 0 Å². The molecule has 0 unspecified atom stereocenters. The maximum atomic E-state index is 12.8. The van der Waals surface area contributed by atoms with Crippen molar-refractivity contribution in [2.75, 3.05) is 36.4 Å². The van der Waals surface area contributed by atoms with Gasteiger partial charge in [0.2, 0.25) is 0 Å². The van der Waals surface area contributed by atoms with Crippen LogP contribution in [0.4, 0.5) is 17.5 Å². The number of halogens is 2. The first kappa shape index (κ1) is 20.4. The van der Waals surface area contributed by atoms with Crippen LogP contribution in [0.5, 0.6) is 0 Å². The summed E-state index contributed by atoms with van der Waals surface area (Å²) in [5.74, 6) is 2.01. The van der Waals surface area contributed by atoms with E-state index in [0.717, 1.165) is 17.2 Å². The number of rotatable bonds is 4. The molecule has 1 amide bonds. The molecule has 0 aliphatic carbocycles. The second-order valence-corrected chi connectivity index (χ2v) is 7.87. The highest BCUT2D eigenvalue weighted by atomic mass is 35.5. The van der Waals surface area contributed by atoms with Crippen molar-refractivity contribution in [3.05, 3.63) is 69.8 Å². The molecule has 1 aliphatic heterocycles. The third-order valence-corrected chi connectivity index (χ3v) is 5.44. The van der Waals surface area contributed by atoms with Crippen molar-refractivity contribution in [1.82, 2.24) is 20.1 Å². The van der Waals surface area contributed by atoms with Crippen LogP contribution >= 0.6 is 23.2 Å². The van der Waals surface area contributed by atoms with Gasteiger partial charge in [0.05, 0.1) is 10.6 Å². The molecular formula is C21H20Cl2N6O. The SMILES string of the molecule is Cc1ccnc(Nc2ccc(N3CCN(C(=O)c4cc(Cl)ccc4Cl)CC3)nn2)c1. The smallest absolute Gasteiger partial charge is 0.255 e. The van der Waals surface area contributed by atoms with Gasteiger partial charge in [0.1, 0.15) is 5.82 Å². The molecule has 2 aromatic heterocycles. The Kier molecular flexibility index (Phi) is 6.01. The number of hydrogen-bond acceptors (Lipinski definition) is 6. The molecule has 1 aromatic carbocycles. The maximum Gasteiger partial charge on any atom is 0.255 e. The Labute approximate surface area is 184 Å². The molecule has 1 aliphatic rings. The first-order valence-electron chi connectivity index (χ1n) is 9.52. The molecule has 3 aromatic rings. The van der Waals surface area contributed by atoms with Gasteiger partial charge in [-0.25, -0.2) is 4.98 Å². The lowest BCUT2D eigenvalue weighted by Crippen LogP contribution is -2.49. The molecule has 154 valence electrons. The molecule has 30 heavy (non-hydrogen) atoms. The lowest BCUT2D eigenvalue weighted by atomic mass is 10.1. The summed E-state index contributed by atoms with van der Waals surface area (Å²) in [4.78, 5) is 20.9. The van der Waals surface area contributed by atoms with Gasteiger partial charge >= 0.3 is 0 Å². The van der Waals surface area contributed by atoms with E-state index in [1.54, 1.807) is 29.3 Å². The van der Waals surface area contributed by atoms with Gasteiger partial charge in [-0.15, -0.1) is 10.2 Å². The number of carbonyl (C=O) groups is 1. The number of amides is 1. The van der Waals surface area contributed by atoms with Crippen LogP contribution in [0.25, 0.3) is 0 Å². The predicted molar refractivity (Wildman–Crippen MR) is 119 cm³/mol. The van der Waals surface area contributed by atoms with Gasteiger partial charge in [-0.3, -0.25) is 4.79 Å². The highest BCUT2D eigenvalue weighted by molar-refractivity contribution is 6.35. The number of piperazine rings is 1. The number of carbonyl (C=O) groups excluding carboxylic acids is 1. The Morgan fingerprint density at radius 2 is 1.77 bits per heavy atom. The van der Waals surface area contributed by atoms with E-state index in [4.69, 9.17) is 23.2 Å². The van der Waals surface area contributed by atoms with Gasteiger partial charge in [0.15, 0.2) is 11.6 Å². The van der Waals surface area contributed by atoms with Gasteiger partial charge < -0.3 is 15.1 Å². The minimum Gasteiger partial charge on any atom is -0.352 e. The quantitative estimate of drug-likeness (QED) is 0.652. The molecule has 1 fully saturated rings. The lowest BCUT2D eigenvalue weighted by Gasteiger charge is -2.35. The van der Waals surface area contributed by atoms with Crippen LogP contribution < -0.4 is 10.2 Å². The monoisotopic (exact) mass is 442 g/mol. The number of aryl methyl sites for hydroxylation is 1. The molecule has 7 nitrogen and oxygen atoms in total.